The summed E-state index contributed by atoms with van der Waals surface area (Å²) >= 11 is 5.23. The lowest BCUT2D eigenvalue weighted by molar-refractivity contribution is -0.136. The quantitative estimate of drug-likeness (QED) is 0.206. The Morgan fingerprint density at radius 1 is 1.16 bits per heavy atom. The van der Waals surface area contributed by atoms with Crippen molar-refractivity contribution in [3.05, 3.63) is 36.4 Å². The molecule has 0 saturated carbocycles. The Hall–Kier alpha value is -2.77. The number of anilines is 1. The zero-order chi connectivity index (χ0) is 31.2. The minimum atomic E-state index is -4.59. The molecule has 0 radical (unpaired) electrons. The molecule has 0 amide bonds. The van der Waals surface area contributed by atoms with Gasteiger partial charge < -0.3 is 29.1 Å². The van der Waals surface area contributed by atoms with Gasteiger partial charge in [-0.25, -0.2) is 19.6 Å². The molecule has 2 aliphatic heterocycles. The molecule has 2 unspecified atom stereocenters. The smallest absolute Gasteiger partial charge is 0.382 e. The van der Waals surface area contributed by atoms with Gasteiger partial charge in [-0.05, 0) is 36.8 Å². The lowest BCUT2D eigenvalue weighted by atomic mass is 10.1. The van der Waals surface area contributed by atoms with E-state index in [1.54, 1.807) is 4.57 Å². The summed E-state index contributed by atoms with van der Waals surface area (Å²) in [7, 11) is -2.95. The molecule has 16 nitrogen and oxygen atoms in total. The molecule has 6 rings (SSSR count). The number of halogens is 3. The first-order chi connectivity index (χ1) is 20.9. The van der Waals surface area contributed by atoms with Gasteiger partial charge in [0, 0.05) is 11.0 Å². The third-order valence-electron chi connectivity index (χ3n) is 7.09. The summed E-state index contributed by atoms with van der Waals surface area (Å²) in [6.07, 6.45) is -4.88. The Bertz CT molecular complexity index is 1740. The number of fused-ring (bicyclic) bond motifs is 2. The van der Waals surface area contributed by atoms with Crippen LogP contribution in [0.5, 0.6) is 0 Å². The van der Waals surface area contributed by atoms with Crippen LogP contribution >= 0.6 is 15.0 Å². The van der Waals surface area contributed by atoms with E-state index in [0.717, 1.165) is 6.07 Å². The van der Waals surface area contributed by atoms with Gasteiger partial charge in [-0.15, -0.1) is 14.5 Å². The van der Waals surface area contributed by atoms with E-state index in [2.05, 4.69) is 25.3 Å². The van der Waals surface area contributed by atoms with Crippen LogP contribution in [0.1, 0.15) is 37.3 Å². The molecule has 3 aromatic heterocycles. The van der Waals surface area contributed by atoms with Crippen molar-refractivity contribution in [2.45, 2.75) is 56.2 Å². The largest absolute Gasteiger partial charge is 0.694 e. The van der Waals surface area contributed by atoms with Crippen molar-refractivity contribution in [2.75, 3.05) is 18.9 Å². The van der Waals surface area contributed by atoms with Crippen molar-refractivity contribution < 1.29 is 50.6 Å². The zero-order valence-electron chi connectivity index (χ0n) is 22.3. The predicted octanol–water partition coefficient (Wildman–Crippen LogP) is 3.12. The van der Waals surface area contributed by atoms with E-state index in [1.807, 2.05) is 0 Å². The normalized spacial score (nSPS) is 26.0. The van der Waals surface area contributed by atoms with Crippen LogP contribution in [0.15, 0.2) is 30.9 Å². The molecule has 2 saturated heterocycles. The van der Waals surface area contributed by atoms with Crippen molar-refractivity contribution in [3.63, 3.8) is 0 Å². The topological polar surface area (TPSA) is 204 Å². The van der Waals surface area contributed by atoms with Crippen molar-refractivity contribution in [1.29, 1.82) is 0 Å². The molecule has 0 bridgehead atoms. The maximum absolute atomic E-state index is 13.4. The highest BCUT2D eigenvalue weighted by Crippen LogP contribution is 2.50. The molecule has 2 aliphatic rings. The van der Waals surface area contributed by atoms with Gasteiger partial charge >= 0.3 is 21.1 Å². The molecule has 0 spiro atoms. The minimum Gasteiger partial charge on any atom is -0.382 e. The van der Waals surface area contributed by atoms with Gasteiger partial charge in [-0.3, -0.25) is 4.57 Å². The summed E-state index contributed by atoms with van der Waals surface area (Å²) in [6, 6.07) is 3.67. The summed E-state index contributed by atoms with van der Waals surface area (Å²) in [6.45, 7) is -4.48. The van der Waals surface area contributed by atoms with Crippen LogP contribution in [0.2, 0.25) is 0 Å². The molecule has 44 heavy (non-hydrogen) atoms. The highest BCUT2D eigenvalue weighted by Gasteiger charge is 2.43. The van der Waals surface area contributed by atoms with E-state index < -0.39 is 57.5 Å². The zero-order valence-corrected chi connectivity index (χ0v) is 24.9. The SMILES string of the molecule is Nc1ncnc2c1ncn2[C@H]1C[C@H](OP(O)(=S)OC[C@@H]2CC[C@H](n3nnc4c(C(F)(F)F)cccc43)O2)[C@@H](CO[P+](=O)O)O1. The van der Waals surface area contributed by atoms with E-state index in [-0.39, 0.29) is 36.5 Å². The molecule has 236 valence electrons. The van der Waals surface area contributed by atoms with Gasteiger partial charge in [0.1, 0.15) is 42.4 Å². The number of ether oxygens (including phenoxy) is 2. The number of nitrogens with zero attached hydrogens (tertiary/aromatic N) is 7. The molecule has 4 N–H and O–H groups in total. The average Bonchev–Trinajstić information content (AvgIpc) is 3.75. The van der Waals surface area contributed by atoms with Crippen LogP contribution in [0.3, 0.4) is 0 Å². The van der Waals surface area contributed by atoms with Gasteiger partial charge in [0.05, 0.1) is 30.1 Å². The van der Waals surface area contributed by atoms with Crippen molar-refractivity contribution in [3.8, 4) is 0 Å². The Morgan fingerprint density at radius 3 is 2.75 bits per heavy atom. The molecule has 0 aliphatic carbocycles. The highest BCUT2D eigenvalue weighted by atomic mass is 32.5. The van der Waals surface area contributed by atoms with Gasteiger partial charge in [0.2, 0.25) is 0 Å². The van der Waals surface area contributed by atoms with Crippen LogP contribution in [0.4, 0.5) is 19.0 Å². The predicted molar refractivity (Wildman–Crippen MR) is 147 cm³/mol. The Morgan fingerprint density at radius 2 is 1.98 bits per heavy atom. The number of imidazole rings is 1. The lowest BCUT2D eigenvalue weighted by Gasteiger charge is -2.23. The maximum atomic E-state index is 13.4. The van der Waals surface area contributed by atoms with E-state index in [1.165, 1.54) is 29.5 Å². The van der Waals surface area contributed by atoms with Gasteiger partial charge in [-0.1, -0.05) is 11.3 Å². The number of aromatic nitrogens is 7. The molecule has 1 aromatic carbocycles. The third kappa shape index (κ3) is 6.46. The van der Waals surface area contributed by atoms with Crippen molar-refractivity contribution >= 4 is 54.8 Å². The monoisotopic (exact) mass is 679 g/mol. The first-order valence-electron chi connectivity index (χ1n) is 13.0. The number of alkyl halides is 3. The van der Waals surface area contributed by atoms with E-state index in [0.29, 0.717) is 24.0 Å². The molecular formula is C22H24F3N8O8P2S+. The molecule has 7 atom stereocenters. The number of hydrogen-bond donors (Lipinski definition) is 3. The fraction of sp³-hybridized carbons (Fsp3) is 0.500. The first kappa shape index (κ1) is 31.2. The van der Waals surface area contributed by atoms with Crippen LogP contribution < -0.4 is 5.73 Å². The fourth-order valence-electron chi connectivity index (χ4n) is 5.12. The maximum Gasteiger partial charge on any atom is 0.694 e. The third-order valence-corrected chi connectivity index (χ3v) is 9.04. The second-order valence-corrected chi connectivity index (χ2v) is 13.4. The second-order valence-electron chi connectivity index (χ2n) is 9.88. The van der Waals surface area contributed by atoms with Crippen LogP contribution in [-0.2, 0) is 45.6 Å². The summed E-state index contributed by atoms with van der Waals surface area (Å²) in [4.78, 5) is 32.3. The Labute approximate surface area is 251 Å². The molecular weight excluding hydrogens is 655 g/mol. The summed E-state index contributed by atoms with van der Waals surface area (Å²) < 4.78 is 82.2. The minimum absolute atomic E-state index is 0.106. The van der Waals surface area contributed by atoms with Gasteiger partial charge in [-0.2, -0.15) is 13.2 Å². The number of nitrogens with two attached hydrogens (primary N) is 1. The lowest BCUT2D eigenvalue weighted by Crippen LogP contribution is -2.28. The molecule has 2 fully saturated rings. The summed E-state index contributed by atoms with van der Waals surface area (Å²) in [5.74, 6) is 0.162. The van der Waals surface area contributed by atoms with E-state index >= 15 is 0 Å². The standard InChI is InChI=1S/C22H23F3N8O8P2S/c23-22(24,25)12-2-1-3-13-18(12)30-31-33(13)16-5-4-11(39-16)7-38-43(36,44)41-14-6-17(40-15(14)8-37-42(34)35)32-10-29-19-20(26)27-9-28-21(19)32/h1-3,9-11,14-17H,4-8H2,(H3-,26,27,28,34,35,36,44)/p+1/t11-,14-,15+,16+,17+,43?/m0/s1. The molecule has 4 aromatic rings. The second kappa shape index (κ2) is 12.2. The fourth-order valence-corrected chi connectivity index (χ4v) is 6.89. The molecule has 22 heteroatoms. The average molecular weight is 679 g/mol. The summed E-state index contributed by atoms with van der Waals surface area (Å²) in [5, 5.41) is 7.59. The Balaban J connectivity index is 1.10. The number of hydrogen-bond acceptors (Lipinski definition) is 13. The Kier molecular flexibility index (Phi) is 8.66. The first-order valence-corrected chi connectivity index (χ1v) is 16.7. The van der Waals surface area contributed by atoms with Gasteiger partial charge in [0.25, 0.3) is 0 Å². The number of nitrogen functional groups attached to an aromatic ring is 1. The highest BCUT2D eigenvalue weighted by molar-refractivity contribution is 8.07. The van der Waals surface area contributed by atoms with Crippen LogP contribution in [-0.4, -0.2) is 75.8 Å². The van der Waals surface area contributed by atoms with E-state index in [9.17, 15) is 22.6 Å². The number of rotatable bonds is 10. The summed E-state index contributed by atoms with van der Waals surface area (Å²) in [5.41, 5.74) is 5.56. The molecule has 5 heterocycles. The van der Waals surface area contributed by atoms with Crippen molar-refractivity contribution in [1.82, 2.24) is 34.5 Å². The van der Waals surface area contributed by atoms with E-state index in [4.69, 9.17) is 45.5 Å². The van der Waals surface area contributed by atoms with Gasteiger partial charge in [0.15, 0.2) is 17.7 Å². The number of benzene rings is 1. The van der Waals surface area contributed by atoms with Crippen LogP contribution in [0, 0.1) is 0 Å². The van der Waals surface area contributed by atoms with Crippen LogP contribution in [0.25, 0.3) is 22.2 Å². The van der Waals surface area contributed by atoms with Crippen molar-refractivity contribution in [2.24, 2.45) is 0 Å².